The van der Waals surface area contributed by atoms with Crippen LogP contribution in [0.25, 0.3) is 0 Å². The van der Waals surface area contributed by atoms with Crippen LogP contribution in [0.15, 0.2) is 24.3 Å². The van der Waals surface area contributed by atoms with Gasteiger partial charge in [0.15, 0.2) is 0 Å². The van der Waals surface area contributed by atoms with E-state index >= 15 is 0 Å². The molecule has 9 heteroatoms. The van der Waals surface area contributed by atoms with Gasteiger partial charge in [0, 0.05) is 12.8 Å². The lowest BCUT2D eigenvalue weighted by Crippen LogP contribution is -2.47. The van der Waals surface area contributed by atoms with Gasteiger partial charge in [-0.2, -0.15) is 0 Å². The van der Waals surface area contributed by atoms with E-state index in [1.165, 1.54) is 77.0 Å². The first kappa shape index (κ1) is 46.3. The summed E-state index contributed by atoms with van der Waals surface area (Å²) in [7, 11) is 0. The third-order valence-corrected chi connectivity index (χ3v) is 8.70. The number of rotatable bonds is 35. The maximum atomic E-state index is 12.7. The third kappa shape index (κ3) is 32.3. The van der Waals surface area contributed by atoms with Crippen LogP contribution in [0.5, 0.6) is 0 Å². The molecule has 49 heavy (non-hydrogen) atoms. The van der Waals surface area contributed by atoms with E-state index in [0.29, 0.717) is 12.8 Å². The molecule has 9 nitrogen and oxygen atoms in total. The number of unbranched alkanes of at least 4 members (excludes halogenated alkanes) is 17. The minimum absolute atomic E-state index is 0.0447. The molecule has 0 aromatic rings. The Labute approximate surface area is 298 Å². The summed E-state index contributed by atoms with van der Waals surface area (Å²) in [4.78, 5) is 47.3. The second kappa shape index (κ2) is 35.2. The number of aliphatic hydroxyl groups excluding tert-OH is 1. The van der Waals surface area contributed by atoms with Crippen LogP contribution in [0.1, 0.15) is 181 Å². The number of ether oxygens (including phenoxy) is 1. The van der Waals surface area contributed by atoms with Gasteiger partial charge in [-0.15, -0.1) is 0 Å². The van der Waals surface area contributed by atoms with Crippen molar-refractivity contribution in [2.45, 2.75) is 193 Å². The summed E-state index contributed by atoms with van der Waals surface area (Å²) in [6.45, 7) is 3.41. The number of nitrogens with one attached hydrogen (secondary N) is 2. The summed E-state index contributed by atoms with van der Waals surface area (Å²) in [6, 6.07) is -1.39. The molecule has 0 saturated carbocycles. The Hall–Kier alpha value is -2.68. The average Bonchev–Trinajstić information content (AvgIpc) is 3.08. The first-order valence-electron chi connectivity index (χ1n) is 19.7. The molecule has 0 bridgehead atoms. The first-order valence-corrected chi connectivity index (χ1v) is 19.7. The lowest BCUT2D eigenvalue weighted by atomic mass is 10.0. The second-order valence-corrected chi connectivity index (χ2v) is 13.4. The van der Waals surface area contributed by atoms with Gasteiger partial charge in [0.05, 0.1) is 13.2 Å². The van der Waals surface area contributed by atoms with Crippen molar-refractivity contribution in [2.24, 2.45) is 0 Å². The van der Waals surface area contributed by atoms with Crippen LogP contribution in [0.4, 0.5) is 0 Å². The molecule has 2 amide bonds. The number of aliphatic hydroxyl groups is 1. The molecule has 0 spiro atoms. The summed E-state index contributed by atoms with van der Waals surface area (Å²) in [6.07, 6.45) is 36.4. The van der Waals surface area contributed by atoms with Crippen LogP contribution in [0.3, 0.4) is 0 Å². The van der Waals surface area contributed by atoms with Crippen molar-refractivity contribution in [3.8, 4) is 0 Å². The molecular formula is C40H72N2O7. The zero-order chi connectivity index (χ0) is 36.2. The molecule has 0 heterocycles. The fourth-order valence-electron chi connectivity index (χ4n) is 5.63. The summed E-state index contributed by atoms with van der Waals surface area (Å²) in [5.41, 5.74) is 0. The van der Waals surface area contributed by atoms with Gasteiger partial charge in [0.1, 0.15) is 12.1 Å². The van der Waals surface area contributed by atoms with Crippen molar-refractivity contribution < 1.29 is 34.1 Å². The quantitative estimate of drug-likeness (QED) is 0.0295. The van der Waals surface area contributed by atoms with Gasteiger partial charge >= 0.3 is 11.9 Å². The summed E-state index contributed by atoms with van der Waals surface area (Å²) in [5, 5.41) is 22.5. The molecule has 0 rings (SSSR count). The Kier molecular flexibility index (Phi) is 33.2. The normalized spacial score (nSPS) is 12.7. The Morgan fingerprint density at radius 2 is 1.10 bits per heavy atom. The number of esters is 1. The molecule has 0 aromatic heterocycles. The molecule has 0 aliphatic heterocycles. The van der Waals surface area contributed by atoms with Crippen molar-refractivity contribution in [3.63, 3.8) is 0 Å². The van der Waals surface area contributed by atoms with Crippen molar-refractivity contribution in [1.29, 1.82) is 0 Å². The molecule has 0 fully saturated rings. The van der Waals surface area contributed by atoms with Crippen molar-refractivity contribution in [2.75, 3.05) is 13.2 Å². The summed E-state index contributed by atoms with van der Waals surface area (Å²) < 4.78 is 5.94. The van der Waals surface area contributed by atoms with Gasteiger partial charge < -0.3 is 25.6 Å². The van der Waals surface area contributed by atoms with Gasteiger partial charge in [-0.25, -0.2) is 4.79 Å². The minimum atomic E-state index is -1.39. The number of carbonyl (C=O) groups is 4. The molecule has 2 unspecified atom stereocenters. The fourth-order valence-corrected chi connectivity index (χ4v) is 5.63. The van der Waals surface area contributed by atoms with Crippen LogP contribution in [0.2, 0.25) is 0 Å². The summed E-state index contributed by atoms with van der Waals surface area (Å²) >= 11 is 0. The van der Waals surface area contributed by atoms with Gasteiger partial charge in [-0.3, -0.25) is 14.4 Å². The number of carboxylic acid groups (broad SMARTS) is 1. The van der Waals surface area contributed by atoms with E-state index in [9.17, 15) is 19.2 Å². The third-order valence-electron chi connectivity index (χ3n) is 8.70. The predicted octanol–water partition coefficient (Wildman–Crippen LogP) is 8.87. The SMILES string of the molecule is CCCCCC/C=C\C/C=C\CCCCCCCC(=O)OC(CCCCCCCC)CCCCCCC(=O)NCC(=O)NC(CO)C(=O)O. The maximum absolute atomic E-state index is 12.7. The standard InChI is InChI=1S/C40H72N2O7/c1-3-5-7-9-11-12-13-14-15-16-17-18-19-20-22-28-32-39(46)49-35(29-25-21-10-8-6-4-2)30-26-23-24-27-31-37(44)41-33-38(45)42-36(34-43)40(47)48/h12-13,15-16,35-36,43H,3-11,14,17-34H2,1-2H3,(H,41,44)(H,42,45)(H,47,48)/b13-12-,16-15-. The Morgan fingerprint density at radius 1 is 0.612 bits per heavy atom. The van der Waals surface area contributed by atoms with E-state index in [1.54, 1.807) is 0 Å². The zero-order valence-corrected chi connectivity index (χ0v) is 31.2. The largest absolute Gasteiger partial charge is 0.480 e. The monoisotopic (exact) mass is 693 g/mol. The Bertz CT molecular complexity index is 890. The molecular weight excluding hydrogens is 620 g/mol. The molecule has 2 atom stereocenters. The van der Waals surface area contributed by atoms with E-state index in [0.717, 1.165) is 70.6 Å². The summed E-state index contributed by atoms with van der Waals surface area (Å²) in [5.74, 6) is -2.35. The van der Waals surface area contributed by atoms with Crippen LogP contribution in [-0.2, 0) is 23.9 Å². The van der Waals surface area contributed by atoms with E-state index < -0.39 is 24.5 Å². The lowest BCUT2D eigenvalue weighted by molar-refractivity contribution is -0.150. The number of allylic oxidation sites excluding steroid dienone is 4. The number of carbonyl (C=O) groups excluding carboxylic acids is 3. The smallest absolute Gasteiger partial charge is 0.328 e. The second-order valence-electron chi connectivity index (χ2n) is 13.4. The molecule has 0 saturated heterocycles. The van der Waals surface area contributed by atoms with Gasteiger partial charge in [-0.05, 0) is 70.6 Å². The number of amides is 2. The van der Waals surface area contributed by atoms with Crippen LogP contribution in [-0.4, -0.2) is 59.3 Å². The first-order chi connectivity index (χ1) is 23.8. The Morgan fingerprint density at radius 3 is 1.65 bits per heavy atom. The van der Waals surface area contributed by atoms with Crippen LogP contribution in [0, 0.1) is 0 Å². The maximum Gasteiger partial charge on any atom is 0.328 e. The molecule has 0 aliphatic carbocycles. The Balaban J connectivity index is 4.17. The number of hydrogen-bond acceptors (Lipinski definition) is 6. The number of hydrogen-bond donors (Lipinski definition) is 4. The highest BCUT2D eigenvalue weighted by Gasteiger charge is 2.19. The average molecular weight is 693 g/mol. The van der Waals surface area contributed by atoms with E-state index in [-0.39, 0.29) is 30.9 Å². The molecule has 0 aromatic carbocycles. The van der Waals surface area contributed by atoms with Crippen molar-refractivity contribution >= 4 is 23.8 Å². The highest BCUT2D eigenvalue weighted by atomic mass is 16.5. The van der Waals surface area contributed by atoms with E-state index in [1.807, 2.05) is 0 Å². The molecule has 0 radical (unpaired) electrons. The highest BCUT2D eigenvalue weighted by molar-refractivity contribution is 5.87. The lowest BCUT2D eigenvalue weighted by Gasteiger charge is -2.18. The molecule has 284 valence electrons. The van der Waals surface area contributed by atoms with Crippen molar-refractivity contribution in [3.05, 3.63) is 24.3 Å². The molecule has 4 N–H and O–H groups in total. The van der Waals surface area contributed by atoms with Crippen LogP contribution < -0.4 is 10.6 Å². The molecule has 0 aliphatic rings. The number of aliphatic carboxylic acids is 1. The van der Waals surface area contributed by atoms with Gasteiger partial charge in [0.2, 0.25) is 11.8 Å². The number of carboxylic acids is 1. The van der Waals surface area contributed by atoms with E-state index in [2.05, 4.69) is 48.8 Å². The topological polar surface area (TPSA) is 142 Å². The van der Waals surface area contributed by atoms with Crippen molar-refractivity contribution in [1.82, 2.24) is 10.6 Å². The van der Waals surface area contributed by atoms with Gasteiger partial charge in [-0.1, -0.05) is 122 Å². The fraction of sp³-hybridized carbons (Fsp3) is 0.800. The van der Waals surface area contributed by atoms with Crippen LogP contribution >= 0.6 is 0 Å². The van der Waals surface area contributed by atoms with E-state index in [4.69, 9.17) is 14.9 Å². The zero-order valence-electron chi connectivity index (χ0n) is 31.2. The minimum Gasteiger partial charge on any atom is -0.480 e. The predicted molar refractivity (Wildman–Crippen MR) is 199 cm³/mol. The van der Waals surface area contributed by atoms with Gasteiger partial charge in [0.25, 0.3) is 0 Å². The highest BCUT2D eigenvalue weighted by Crippen LogP contribution is 2.18.